The van der Waals surface area contributed by atoms with Gasteiger partial charge in [0.2, 0.25) is 0 Å². The lowest BCUT2D eigenvalue weighted by Crippen LogP contribution is -2.14. The third-order valence-corrected chi connectivity index (χ3v) is 4.69. The largest absolute Gasteiger partial charge is 0.456 e. The van der Waals surface area contributed by atoms with Gasteiger partial charge in [-0.25, -0.2) is 0 Å². The number of hydrogen-bond acceptors (Lipinski definition) is 2. The predicted octanol–water partition coefficient (Wildman–Crippen LogP) is 5.82. The monoisotopic (exact) mass is 347 g/mol. The Hall–Kier alpha value is -1.48. The van der Waals surface area contributed by atoms with Crippen molar-refractivity contribution < 1.29 is 4.74 Å². The molecule has 0 bridgehead atoms. The molecule has 21 heavy (non-hydrogen) atoms. The Balaban J connectivity index is 2.23. The van der Waals surface area contributed by atoms with E-state index in [0.717, 1.165) is 33.6 Å². The van der Waals surface area contributed by atoms with Gasteiger partial charge >= 0.3 is 0 Å². The van der Waals surface area contributed by atoms with Crippen molar-refractivity contribution in [1.29, 1.82) is 0 Å². The molecule has 2 nitrogen and oxygen atoms in total. The van der Waals surface area contributed by atoms with E-state index < -0.39 is 0 Å². The van der Waals surface area contributed by atoms with Crippen LogP contribution in [0.3, 0.4) is 0 Å². The molecule has 3 heteroatoms. The second-order valence-electron chi connectivity index (χ2n) is 6.00. The first-order chi connectivity index (χ1) is 9.83. The van der Waals surface area contributed by atoms with Crippen molar-refractivity contribution >= 4 is 21.6 Å². The van der Waals surface area contributed by atoms with Crippen LogP contribution in [0.5, 0.6) is 11.5 Å². The van der Waals surface area contributed by atoms with Crippen LogP contribution in [0.15, 0.2) is 40.9 Å². The molecule has 0 aliphatic carbocycles. The van der Waals surface area contributed by atoms with Crippen molar-refractivity contribution in [2.75, 3.05) is 5.73 Å². The van der Waals surface area contributed by atoms with Gasteiger partial charge in [-0.05, 0) is 70.1 Å². The fraction of sp³-hybridized carbons (Fsp3) is 0.333. The maximum absolute atomic E-state index is 5.94. The van der Waals surface area contributed by atoms with E-state index in [4.69, 9.17) is 10.5 Å². The first-order valence-electron chi connectivity index (χ1n) is 7.17. The molecule has 0 aliphatic rings. The van der Waals surface area contributed by atoms with Gasteiger partial charge in [0.05, 0.1) is 4.47 Å². The van der Waals surface area contributed by atoms with E-state index >= 15 is 0 Å². The van der Waals surface area contributed by atoms with Crippen molar-refractivity contribution in [1.82, 2.24) is 0 Å². The molecule has 0 saturated carbocycles. The summed E-state index contributed by atoms with van der Waals surface area (Å²) in [5.41, 5.74) is 9.17. The zero-order chi connectivity index (χ0) is 15.6. The number of rotatable bonds is 4. The minimum atomic E-state index is 0.191. The number of benzene rings is 2. The van der Waals surface area contributed by atoms with E-state index in [1.54, 1.807) is 0 Å². The Morgan fingerprint density at radius 2 is 1.76 bits per heavy atom. The quantitative estimate of drug-likeness (QED) is 0.707. The molecular formula is C18H22BrNO. The summed E-state index contributed by atoms with van der Waals surface area (Å²) in [4.78, 5) is 0. The van der Waals surface area contributed by atoms with Crippen LogP contribution in [0.1, 0.15) is 38.3 Å². The highest BCUT2D eigenvalue weighted by atomic mass is 79.9. The van der Waals surface area contributed by atoms with E-state index in [0.29, 0.717) is 0 Å². The Labute approximate surface area is 135 Å². The molecule has 0 atom stereocenters. The molecule has 0 aromatic heterocycles. The van der Waals surface area contributed by atoms with Crippen molar-refractivity contribution in [3.8, 4) is 11.5 Å². The molecule has 0 aliphatic heterocycles. The molecule has 0 saturated heterocycles. The van der Waals surface area contributed by atoms with E-state index in [1.165, 1.54) is 5.56 Å². The summed E-state index contributed by atoms with van der Waals surface area (Å²) in [7, 11) is 0. The third-order valence-electron chi connectivity index (χ3n) is 4.07. The third kappa shape index (κ3) is 3.59. The molecule has 2 rings (SSSR count). The van der Waals surface area contributed by atoms with Gasteiger partial charge in [0.1, 0.15) is 11.5 Å². The zero-order valence-electron chi connectivity index (χ0n) is 13.0. The molecule has 0 unspecified atom stereocenters. The lowest BCUT2D eigenvalue weighted by molar-refractivity contribution is 0.475. The van der Waals surface area contributed by atoms with Crippen LogP contribution in [-0.4, -0.2) is 0 Å². The lowest BCUT2D eigenvalue weighted by Gasteiger charge is -2.23. The topological polar surface area (TPSA) is 35.2 Å². The highest BCUT2D eigenvalue weighted by Gasteiger charge is 2.17. The summed E-state index contributed by atoms with van der Waals surface area (Å²) in [5.74, 6) is 1.61. The second-order valence-corrected chi connectivity index (χ2v) is 6.86. The first kappa shape index (κ1) is 15.9. The molecule has 2 aromatic rings. The molecule has 0 radical (unpaired) electrons. The number of hydrogen-bond donors (Lipinski definition) is 1. The maximum Gasteiger partial charge on any atom is 0.142 e. The minimum absolute atomic E-state index is 0.191. The van der Waals surface area contributed by atoms with E-state index in [-0.39, 0.29) is 5.41 Å². The first-order valence-corrected chi connectivity index (χ1v) is 7.97. The normalized spacial score (nSPS) is 11.5. The van der Waals surface area contributed by atoms with Crippen molar-refractivity contribution in [3.05, 3.63) is 52.0 Å². The summed E-state index contributed by atoms with van der Waals surface area (Å²) in [6, 6.07) is 12.1. The Morgan fingerprint density at radius 1 is 1.14 bits per heavy atom. The SMILES string of the molecule is CCC(C)(C)c1ccc(Oc2cc(C)c(N)cc2Br)cc1. The molecule has 0 fully saturated rings. The van der Waals surface area contributed by atoms with E-state index in [2.05, 4.69) is 48.8 Å². The van der Waals surface area contributed by atoms with Crippen molar-refractivity contribution in [2.24, 2.45) is 0 Å². The van der Waals surface area contributed by atoms with Crippen LogP contribution in [0.2, 0.25) is 0 Å². The number of anilines is 1. The average molecular weight is 348 g/mol. The number of aryl methyl sites for hydroxylation is 1. The number of halogens is 1. The van der Waals surface area contributed by atoms with Crippen LogP contribution in [0, 0.1) is 6.92 Å². The van der Waals surface area contributed by atoms with Crippen LogP contribution in [-0.2, 0) is 5.41 Å². The fourth-order valence-corrected chi connectivity index (χ4v) is 2.50. The summed E-state index contributed by atoms with van der Waals surface area (Å²) in [6.07, 6.45) is 1.11. The zero-order valence-corrected chi connectivity index (χ0v) is 14.6. The van der Waals surface area contributed by atoms with Gasteiger partial charge < -0.3 is 10.5 Å². The van der Waals surface area contributed by atoms with Gasteiger partial charge in [-0.3, -0.25) is 0 Å². The summed E-state index contributed by atoms with van der Waals surface area (Å²) in [5, 5.41) is 0. The molecule has 2 aromatic carbocycles. The van der Waals surface area contributed by atoms with Gasteiger partial charge in [-0.1, -0.05) is 32.9 Å². The van der Waals surface area contributed by atoms with Crippen molar-refractivity contribution in [2.45, 2.75) is 39.5 Å². The van der Waals surface area contributed by atoms with E-state index in [9.17, 15) is 0 Å². The van der Waals surface area contributed by atoms with Gasteiger partial charge in [0.15, 0.2) is 0 Å². The molecule has 0 amide bonds. The summed E-state index contributed by atoms with van der Waals surface area (Å²) in [6.45, 7) is 8.69. The number of ether oxygens (including phenoxy) is 1. The highest BCUT2D eigenvalue weighted by Crippen LogP contribution is 2.34. The maximum atomic E-state index is 5.94. The van der Waals surface area contributed by atoms with Crippen LogP contribution in [0.25, 0.3) is 0 Å². The Bertz CT molecular complexity index is 632. The molecule has 112 valence electrons. The summed E-state index contributed by atoms with van der Waals surface area (Å²) < 4.78 is 6.81. The molecule has 0 heterocycles. The summed E-state index contributed by atoms with van der Waals surface area (Å²) >= 11 is 3.49. The fourth-order valence-electron chi connectivity index (χ4n) is 2.05. The standard InChI is InChI=1S/C18H22BrNO/c1-5-18(3,4)13-6-8-14(9-7-13)21-17-10-12(2)16(20)11-15(17)19/h6-11H,5,20H2,1-4H3. The average Bonchev–Trinajstić information content (AvgIpc) is 2.45. The Morgan fingerprint density at radius 3 is 2.33 bits per heavy atom. The minimum Gasteiger partial charge on any atom is -0.456 e. The second kappa shape index (κ2) is 6.10. The van der Waals surface area contributed by atoms with E-state index in [1.807, 2.05) is 31.2 Å². The van der Waals surface area contributed by atoms with Crippen LogP contribution >= 0.6 is 15.9 Å². The molecule has 2 N–H and O–H groups in total. The van der Waals surface area contributed by atoms with Gasteiger partial charge in [0.25, 0.3) is 0 Å². The molecular weight excluding hydrogens is 326 g/mol. The Kier molecular flexibility index (Phi) is 4.62. The lowest BCUT2D eigenvalue weighted by atomic mass is 9.82. The predicted molar refractivity (Wildman–Crippen MR) is 93.1 cm³/mol. The van der Waals surface area contributed by atoms with Gasteiger partial charge in [-0.15, -0.1) is 0 Å². The number of nitrogens with two attached hydrogens (primary N) is 1. The highest BCUT2D eigenvalue weighted by molar-refractivity contribution is 9.10. The molecule has 0 spiro atoms. The van der Waals surface area contributed by atoms with Gasteiger partial charge in [0, 0.05) is 5.69 Å². The smallest absolute Gasteiger partial charge is 0.142 e. The van der Waals surface area contributed by atoms with Crippen molar-refractivity contribution in [3.63, 3.8) is 0 Å². The number of nitrogen functional groups attached to an aromatic ring is 1. The van der Waals surface area contributed by atoms with Gasteiger partial charge in [-0.2, -0.15) is 0 Å². The van der Waals surface area contributed by atoms with Crippen LogP contribution < -0.4 is 10.5 Å². The van der Waals surface area contributed by atoms with Crippen LogP contribution in [0.4, 0.5) is 5.69 Å².